The summed E-state index contributed by atoms with van der Waals surface area (Å²) >= 11 is 0. The maximum atomic E-state index is 12.4. The van der Waals surface area contributed by atoms with E-state index >= 15 is 0 Å². The van der Waals surface area contributed by atoms with Crippen LogP contribution in [-0.4, -0.2) is 35.0 Å². The molecule has 5 heteroatoms. The third-order valence-electron chi connectivity index (χ3n) is 3.81. The number of hydrogen-bond acceptors (Lipinski definition) is 3. The van der Waals surface area contributed by atoms with Gasteiger partial charge in [0, 0.05) is 12.1 Å². The largest absolute Gasteiger partial charge is 0.491 e. The smallest absolute Gasteiger partial charge is 0.319 e. The molecule has 1 heterocycles. The predicted molar refractivity (Wildman–Crippen MR) is 66.7 cm³/mol. The number of ether oxygens (including phenoxy) is 1. The minimum absolute atomic E-state index is 0.277. The van der Waals surface area contributed by atoms with E-state index < -0.39 is 11.4 Å². The molecule has 1 amide bonds. The highest BCUT2D eigenvalue weighted by Crippen LogP contribution is 2.47. The number of fused-ring (bicyclic) bond motifs is 1. The second-order valence-electron chi connectivity index (χ2n) is 5.07. The lowest BCUT2D eigenvalue weighted by molar-refractivity contribution is -0.153. The molecule has 1 aromatic rings. The van der Waals surface area contributed by atoms with Gasteiger partial charge in [-0.25, -0.2) is 0 Å². The highest BCUT2D eigenvalue weighted by atomic mass is 16.5. The van der Waals surface area contributed by atoms with E-state index in [0.717, 1.165) is 11.3 Å². The van der Waals surface area contributed by atoms with Gasteiger partial charge in [0.25, 0.3) is 0 Å². The van der Waals surface area contributed by atoms with Crippen LogP contribution in [-0.2, 0) is 16.1 Å². The fraction of sp³-hybridized carbons (Fsp3) is 0.429. The maximum Gasteiger partial charge on any atom is 0.319 e. The van der Waals surface area contributed by atoms with Crippen molar-refractivity contribution in [2.45, 2.75) is 19.4 Å². The van der Waals surface area contributed by atoms with E-state index in [9.17, 15) is 14.7 Å². The molecular weight excluding hydrogens is 246 g/mol. The molecule has 0 spiro atoms. The molecule has 1 N–H and O–H groups in total. The van der Waals surface area contributed by atoms with Crippen molar-refractivity contribution in [1.82, 2.24) is 4.90 Å². The summed E-state index contributed by atoms with van der Waals surface area (Å²) in [6.45, 7) is 1.25. The summed E-state index contributed by atoms with van der Waals surface area (Å²) in [6.07, 6.45) is 0.889. The van der Waals surface area contributed by atoms with Gasteiger partial charge in [0.15, 0.2) is 0 Å². The van der Waals surface area contributed by atoms with Crippen molar-refractivity contribution in [3.8, 4) is 5.75 Å². The SMILES string of the molecule is O=C(O)C1(C(=O)N2CCOc3ccccc3C2)CC1. The van der Waals surface area contributed by atoms with E-state index in [-0.39, 0.29) is 5.91 Å². The molecule has 19 heavy (non-hydrogen) atoms. The number of nitrogens with zero attached hydrogens (tertiary/aromatic N) is 1. The van der Waals surface area contributed by atoms with Crippen LogP contribution in [0.5, 0.6) is 5.75 Å². The molecule has 100 valence electrons. The molecular formula is C14H15NO4. The van der Waals surface area contributed by atoms with Gasteiger partial charge in [0.05, 0.1) is 6.54 Å². The number of rotatable bonds is 2. The van der Waals surface area contributed by atoms with E-state index in [4.69, 9.17) is 4.74 Å². The summed E-state index contributed by atoms with van der Waals surface area (Å²) in [5.41, 5.74) is -0.242. The van der Waals surface area contributed by atoms with Crippen LogP contribution in [0.4, 0.5) is 0 Å². The highest BCUT2D eigenvalue weighted by Gasteiger charge is 2.58. The number of para-hydroxylation sites is 1. The first-order chi connectivity index (χ1) is 9.13. The standard InChI is InChI=1S/C14H15NO4/c16-12(14(5-6-14)13(17)18)15-7-8-19-11-4-2-1-3-10(11)9-15/h1-4H,5-9H2,(H,17,18). The van der Waals surface area contributed by atoms with Gasteiger partial charge in [0.1, 0.15) is 17.8 Å². The first-order valence-corrected chi connectivity index (χ1v) is 6.37. The predicted octanol–water partition coefficient (Wildman–Crippen LogP) is 1.27. The van der Waals surface area contributed by atoms with Crippen molar-refractivity contribution >= 4 is 11.9 Å². The van der Waals surface area contributed by atoms with E-state index in [0.29, 0.717) is 32.5 Å². The Labute approximate surface area is 110 Å². The van der Waals surface area contributed by atoms with Crippen LogP contribution in [0.15, 0.2) is 24.3 Å². The Hall–Kier alpha value is -2.04. The number of hydrogen-bond donors (Lipinski definition) is 1. The molecule has 0 radical (unpaired) electrons. The molecule has 1 saturated carbocycles. The van der Waals surface area contributed by atoms with E-state index in [1.807, 2.05) is 24.3 Å². The van der Waals surface area contributed by atoms with Crippen molar-refractivity contribution < 1.29 is 19.4 Å². The number of aliphatic carboxylic acids is 1. The number of benzene rings is 1. The van der Waals surface area contributed by atoms with E-state index in [2.05, 4.69) is 0 Å². The molecule has 2 aliphatic rings. The van der Waals surface area contributed by atoms with E-state index in [1.54, 1.807) is 4.90 Å². The van der Waals surface area contributed by atoms with Crippen LogP contribution >= 0.6 is 0 Å². The summed E-state index contributed by atoms with van der Waals surface area (Å²) in [5, 5.41) is 9.19. The molecule has 0 atom stereocenters. The minimum atomic E-state index is -1.17. The zero-order chi connectivity index (χ0) is 13.5. The first kappa shape index (κ1) is 12.0. The lowest BCUT2D eigenvalue weighted by atomic mass is 10.1. The summed E-state index contributed by atoms with van der Waals surface area (Å²) in [7, 11) is 0. The van der Waals surface area contributed by atoms with Crippen molar-refractivity contribution in [1.29, 1.82) is 0 Å². The third-order valence-corrected chi connectivity index (χ3v) is 3.81. The van der Waals surface area contributed by atoms with Crippen LogP contribution in [0.2, 0.25) is 0 Å². The van der Waals surface area contributed by atoms with Crippen LogP contribution in [0.25, 0.3) is 0 Å². The Bertz CT molecular complexity index is 536. The average molecular weight is 261 g/mol. The summed E-state index contributed by atoms with van der Waals surface area (Å²) in [4.78, 5) is 25.2. The molecule has 1 fully saturated rings. The Kier molecular flexibility index (Phi) is 2.69. The molecule has 1 aromatic carbocycles. The fourth-order valence-electron chi connectivity index (χ4n) is 2.45. The van der Waals surface area contributed by atoms with Gasteiger partial charge >= 0.3 is 5.97 Å². The lowest BCUT2D eigenvalue weighted by Gasteiger charge is -2.23. The van der Waals surface area contributed by atoms with Gasteiger partial charge in [-0.15, -0.1) is 0 Å². The zero-order valence-electron chi connectivity index (χ0n) is 10.5. The van der Waals surface area contributed by atoms with Gasteiger partial charge in [-0.2, -0.15) is 0 Å². The van der Waals surface area contributed by atoms with Crippen LogP contribution in [0, 0.1) is 5.41 Å². The number of carboxylic acid groups (broad SMARTS) is 1. The molecule has 0 aromatic heterocycles. The topological polar surface area (TPSA) is 66.8 Å². The van der Waals surface area contributed by atoms with E-state index in [1.165, 1.54) is 0 Å². The van der Waals surface area contributed by atoms with Crippen LogP contribution in [0.1, 0.15) is 18.4 Å². The van der Waals surface area contributed by atoms with Crippen molar-refractivity contribution in [2.75, 3.05) is 13.2 Å². The molecule has 0 unspecified atom stereocenters. The molecule has 0 bridgehead atoms. The Morgan fingerprint density at radius 2 is 2.00 bits per heavy atom. The first-order valence-electron chi connectivity index (χ1n) is 6.37. The molecule has 3 rings (SSSR count). The third kappa shape index (κ3) is 1.95. The fourth-order valence-corrected chi connectivity index (χ4v) is 2.45. The summed E-state index contributed by atoms with van der Waals surface area (Å²) in [6, 6.07) is 7.55. The van der Waals surface area contributed by atoms with Crippen LogP contribution < -0.4 is 4.74 Å². The monoisotopic (exact) mass is 261 g/mol. The molecule has 0 saturated heterocycles. The molecule has 1 aliphatic carbocycles. The lowest BCUT2D eigenvalue weighted by Crippen LogP contribution is -2.41. The van der Waals surface area contributed by atoms with Crippen molar-refractivity contribution in [3.05, 3.63) is 29.8 Å². The quantitative estimate of drug-likeness (QED) is 0.814. The van der Waals surface area contributed by atoms with Gasteiger partial charge in [-0.3, -0.25) is 9.59 Å². The van der Waals surface area contributed by atoms with Crippen molar-refractivity contribution in [2.24, 2.45) is 5.41 Å². The zero-order valence-corrected chi connectivity index (χ0v) is 10.5. The Morgan fingerprint density at radius 3 is 2.68 bits per heavy atom. The van der Waals surface area contributed by atoms with Gasteiger partial charge in [-0.1, -0.05) is 18.2 Å². The van der Waals surface area contributed by atoms with Crippen LogP contribution in [0.3, 0.4) is 0 Å². The number of carbonyl (C=O) groups excluding carboxylic acids is 1. The number of carboxylic acids is 1. The molecule has 5 nitrogen and oxygen atoms in total. The number of amides is 1. The Morgan fingerprint density at radius 1 is 1.26 bits per heavy atom. The van der Waals surface area contributed by atoms with Gasteiger partial charge < -0.3 is 14.7 Å². The molecule has 1 aliphatic heterocycles. The second-order valence-corrected chi connectivity index (χ2v) is 5.07. The van der Waals surface area contributed by atoms with Gasteiger partial charge in [0.2, 0.25) is 5.91 Å². The summed E-state index contributed by atoms with van der Waals surface area (Å²) in [5.74, 6) is -0.505. The minimum Gasteiger partial charge on any atom is -0.491 e. The highest BCUT2D eigenvalue weighted by molar-refractivity contribution is 6.04. The number of carbonyl (C=O) groups is 2. The second kappa shape index (κ2) is 4.26. The Balaban J connectivity index is 1.83. The van der Waals surface area contributed by atoms with Gasteiger partial charge in [-0.05, 0) is 18.9 Å². The average Bonchev–Trinajstić information content (AvgIpc) is 3.21. The van der Waals surface area contributed by atoms with Crippen molar-refractivity contribution in [3.63, 3.8) is 0 Å². The summed E-state index contributed by atoms with van der Waals surface area (Å²) < 4.78 is 5.58. The normalized spacial score (nSPS) is 19.9. The maximum absolute atomic E-state index is 12.4.